The van der Waals surface area contributed by atoms with E-state index < -0.39 is 16.0 Å². The summed E-state index contributed by atoms with van der Waals surface area (Å²) in [5, 5.41) is 4.23. The number of carbonyl (C=O) groups excluding carboxylic acids is 2. The van der Waals surface area contributed by atoms with E-state index in [2.05, 4.69) is 10.0 Å². The largest absolute Gasteiger partial charge is 0.462 e. The maximum absolute atomic E-state index is 13.3. The summed E-state index contributed by atoms with van der Waals surface area (Å²) in [5.41, 5.74) is 2.01. The number of carbonyl (C=O) groups is 2. The topological polar surface area (TPSA) is 115 Å². The number of hydrogen-bond acceptors (Lipinski definition) is 6. The number of benzene rings is 3. The molecule has 5 rings (SSSR count). The van der Waals surface area contributed by atoms with Crippen LogP contribution in [0, 0.1) is 6.92 Å². The summed E-state index contributed by atoms with van der Waals surface area (Å²) in [4.78, 5) is 24.7. The molecule has 1 amide bonds. The number of hydrogen-bond donors (Lipinski definition) is 2. The van der Waals surface area contributed by atoms with Gasteiger partial charge in [0.05, 0.1) is 11.5 Å². The van der Waals surface area contributed by atoms with Crippen LogP contribution in [0.15, 0.2) is 57.8 Å². The van der Waals surface area contributed by atoms with Gasteiger partial charge in [0.1, 0.15) is 16.9 Å². The lowest BCUT2D eigenvalue weighted by Gasteiger charge is -2.11. The number of sulfonamides is 1. The molecule has 2 heterocycles. The Hall–Kier alpha value is -3.85. The molecule has 4 aromatic rings. The Morgan fingerprint density at radius 2 is 1.94 bits per heavy atom. The maximum Gasteiger partial charge on any atom is 0.342 e. The minimum Gasteiger partial charge on any atom is -0.462 e. The Labute approximate surface area is 189 Å². The van der Waals surface area contributed by atoms with E-state index in [0.29, 0.717) is 45.2 Å². The fraction of sp³-hybridized carbons (Fsp3) is 0.167. The standard InChI is InChI=1S/C24H20N2O6S/c1-3-11-31-24(28)21-13(2)32-19-9-7-14(12-17(19)21)26-33(29,30)20-10-8-18-22-15(20)5-4-6-16(22)23(27)25-18/h4-10,12,26H,3,11H2,1-2H3,(H,25,27). The Morgan fingerprint density at radius 3 is 2.73 bits per heavy atom. The number of amides is 1. The van der Waals surface area contributed by atoms with Gasteiger partial charge >= 0.3 is 5.97 Å². The number of aryl methyl sites for hydroxylation is 1. The first-order valence-corrected chi connectivity index (χ1v) is 11.9. The third-order valence-electron chi connectivity index (χ3n) is 5.54. The van der Waals surface area contributed by atoms with Crippen LogP contribution in [0.4, 0.5) is 11.4 Å². The van der Waals surface area contributed by atoms with Gasteiger partial charge in [0, 0.05) is 33.1 Å². The van der Waals surface area contributed by atoms with Crippen molar-refractivity contribution in [3.8, 4) is 0 Å². The molecule has 0 saturated heterocycles. The number of anilines is 2. The maximum atomic E-state index is 13.3. The minimum atomic E-state index is -4.01. The zero-order valence-electron chi connectivity index (χ0n) is 17.9. The molecule has 0 atom stereocenters. The first-order chi connectivity index (χ1) is 15.8. The van der Waals surface area contributed by atoms with Crippen molar-refractivity contribution in [1.29, 1.82) is 0 Å². The molecule has 0 saturated carbocycles. The Kier molecular flexibility index (Phi) is 4.86. The molecular weight excluding hydrogens is 444 g/mol. The Balaban J connectivity index is 1.56. The second kappa shape index (κ2) is 7.63. The summed E-state index contributed by atoms with van der Waals surface area (Å²) in [6.45, 7) is 3.83. The van der Waals surface area contributed by atoms with Crippen LogP contribution in [-0.4, -0.2) is 26.9 Å². The van der Waals surface area contributed by atoms with Gasteiger partial charge in [-0.05, 0) is 49.7 Å². The van der Waals surface area contributed by atoms with Gasteiger partial charge in [0.15, 0.2) is 0 Å². The summed E-state index contributed by atoms with van der Waals surface area (Å²) in [6, 6.07) is 12.7. The molecule has 0 unspecified atom stereocenters. The third kappa shape index (κ3) is 3.41. The molecule has 0 fully saturated rings. The highest BCUT2D eigenvalue weighted by Crippen LogP contribution is 2.37. The van der Waals surface area contributed by atoms with E-state index in [-0.39, 0.29) is 28.7 Å². The van der Waals surface area contributed by atoms with Crippen LogP contribution in [0.2, 0.25) is 0 Å². The van der Waals surface area contributed by atoms with E-state index in [1.807, 2.05) is 6.92 Å². The highest BCUT2D eigenvalue weighted by atomic mass is 32.2. The van der Waals surface area contributed by atoms with E-state index in [9.17, 15) is 18.0 Å². The molecule has 2 N–H and O–H groups in total. The number of rotatable bonds is 6. The Morgan fingerprint density at radius 1 is 1.12 bits per heavy atom. The monoisotopic (exact) mass is 464 g/mol. The number of furan rings is 1. The van der Waals surface area contributed by atoms with E-state index in [0.717, 1.165) is 0 Å². The van der Waals surface area contributed by atoms with Crippen molar-refractivity contribution >= 4 is 55.0 Å². The van der Waals surface area contributed by atoms with Crippen LogP contribution < -0.4 is 10.0 Å². The molecule has 9 heteroatoms. The van der Waals surface area contributed by atoms with Gasteiger partial charge in [0.25, 0.3) is 15.9 Å². The molecule has 8 nitrogen and oxygen atoms in total. The zero-order valence-corrected chi connectivity index (χ0v) is 18.7. The van der Waals surface area contributed by atoms with Gasteiger partial charge in [-0.1, -0.05) is 19.1 Å². The smallest absolute Gasteiger partial charge is 0.342 e. The first-order valence-electron chi connectivity index (χ1n) is 10.4. The highest BCUT2D eigenvalue weighted by molar-refractivity contribution is 7.93. The quantitative estimate of drug-likeness (QED) is 0.395. The number of nitrogens with one attached hydrogen (secondary N) is 2. The lowest BCUT2D eigenvalue weighted by molar-refractivity contribution is 0.0505. The molecule has 0 spiro atoms. The molecule has 1 aromatic heterocycles. The van der Waals surface area contributed by atoms with Crippen molar-refractivity contribution < 1.29 is 27.2 Å². The van der Waals surface area contributed by atoms with Crippen molar-refractivity contribution in [2.45, 2.75) is 25.2 Å². The van der Waals surface area contributed by atoms with Crippen molar-refractivity contribution in [1.82, 2.24) is 0 Å². The van der Waals surface area contributed by atoms with Crippen LogP contribution in [-0.2, 0) is 14.8 Å². The van der Waals surface area contributed by atoms with Crippen LogP contribution in [0.1, 0.15) is 39.8 Å². The van der Waals surface area contributed by atoms with Gasteiger partial charge in [0.2, 0.25) is 0 Å². The minimum absolute atomic E-state index is 0.0469. The van der Waals surface area contributed by atoms with Gasteiger partial charge in [-0.15, -0.1) is 0 Å². The SMILES string of the molecule is CCCOC(=O)c1c(C)oc2ccc(NS(=O)(=O)c3ccc4c5c(cccc35)C(=O)N4)cc12. The fourth-order valence-corrected chi connectivity index (χ4v) is 5.37. The number of fused-ring (bicyclic) bond motifs is 1. The summed E-state index contributed by atoms with van der Waals surface area (Å²) >= 11 is 0. The highest BCUT2D eigenvalue weighted by Gasteiger charge is 2.27. The molecule has 0 aliphatic carbocycles. The number of esters is 1. The average Bonchev–Trinajstić information content (AvgIpc) is 3.28. The lowest BCUT2D eigenvalue weighted by atomic mass is 10.1. The lowest BCUT2D eigenvalue weighted by Crippen LogP contribution is -2.13. The first kappa shape index (κ1) is 21.0. The summed E-state index contributed by atoms with van der Waals surface area (Å²) in [7, 11) is -4.01. The summed E-state index contributed by atoms with van der Waals surface area (Å²) in [5.74, 6) is -0.380. The second-order valence-electron chi connectivity index (χ2n) is 7.78. The van der Waals surface area contributed by atoms with Crippen molar-refractivity contribution in [2.75, 3.05) is 16.6 Å². The average molecular weight is 464 g/mol. The van der Waals surface area contributed by atoms with E-state index in [1.165, 1.54) is 6.07 Å². The molecule has 168 valence electrons. The third-order valence-corrected chi connectivity index (χ3v) is 6.98. The van der Waals surface area contributed by atoms with Gasteiger partial charge < -0.3 is 14.5 Å². The van der Waals surface area contributed by atoms with Crippen LogP contribution in [0.5, 0.6) is 0 Å². The molecule has 1 aliphatic heterocycles. The van der Waals surface area contributed by atoms with E-state index in [1.54, 1.807) is 49.4 Å². The van der Waals surface area contributed by atoms with Gasteiger partial charge in [-0.3, -0.25) is 9.52 Å². The molecule has 33 heavy (non-hydrogen) atoms. The number of ether oxygens (including phenoxy) is 1. The second-order valence-corrected chi connectivity index (χ2v) is 9.43. The molecule has 3 aromatic carbocycles. The van der Waals surface area contributed by atoms with Crippen LogP contribution >= 0.6 is 0 Å². The molecular formula is C24H20N2O6S. The summed E-state index contributed by atoms with van der Waals surface area (Å²) < 4.78 is 40.1. The fourth-order valence-electron chi connectivity index (χ4n) is 4.11. The normalized spacial score (nSPS) is 12.8. The predicted octanol–water partition coefficient (Wildman–Crippen LogP) is 4.83. The van der Waals surface area contributed by atoms with Crippen molar-refractivity contribution in [3.05, 3.63) is 65.4 Å². The van der Waals surface area contributed by atoms with Gasteiger partial charge in [-0.2, -0.15) is 0 Å². The Bertz CT molecular complexity index is 1570. The van der Waals surface area contributed by atoms with Crippen LogP contribution in [0.3, 0.4) is 0 Å². The molecule has 0 radical (unpaired) electrons. The predicted molar refractivity (Wildman–Crippen MR) is 124 cm³/mol. The van der Waals surface area contributed by atoms with Crippen molar-refractivity contribution in [3.63, 3.8) is 0 Å². The van der Waals surface area contributed by atoms with E-state index >= 15 is 0 Å². The summed E-state index contributed by atoms with van der Waals surface area (Å²) in [6.07, 6.45) is 0.682. The van der Waals surface area contributed by atoms with Crippen molar-refractivity contribution in [2.24, 2.45) is 0 Å². The molecule has 1 aliphatic rings. The van der Waals surface area contributed by atoms with Gasteiger partial charge in [-0.25, -0.2) is 13.2 Å². The zero-order chi connectivity index (χ0) is 23.3. The molecule has 0 bridgehead atoms. The van der Waals surface area contributed by atoms with Crippen LogP contribution in [0.25, 0.3) is 21.7 Å². The van der Waals surface area contributed by atoms with E-state index in [4.69, 9.17) is 9.15 Å².